The number of nitrogens with zero attached hydrogens (tertiary/aromatic N) is 2. The van der Waals surface area contributed by atoms with Crippen LogP contribution in [0.4, 0.5) is 0 Å². The molecule has 0 N–H and O–H groups in total. The standard InChI is InChI=1S/C10H9ClN2O/c1-2-7-5-3-4-6-8(7)9-12-10(11)14-13-9/h3-6H,2H2,1H3. The minimum atomic E-state index is 0.0749. The largest absolute Gasteiger partial charge is 0.321 e. The SMILES string of the molecule is CCc1ccccc1-c1noc(Cl)n1. The Morgan fingerprint density at radius 1 is 1.36 bits per heavy atom. The first-order valence-electron chi connectivity index (χ1n) is 4.38. The van der Waals surface area contributed by atoms with Gasteiger partial charge in [0.1, 0.15) is 0 Å². The number of aromatic nitrogens is 2. The Kier molecular flexibility index (Phi) is 2.50. The third-order valence-corrected chi connectivity index (χ3v) is 2.19. The van der Waals surface area contributed by atoms with Crippen LogP contribution in [0.2, 0.25) is 5.35 Å². The van der Waals surface area contributed by atoms with E-state index in [0.29, 0.717) is 5.82 Å². The van der Waals surface area contributed by atoms with E-state index in [9.17, 15) is 0 Å². The van der Waals surface area contributed by atoms with E-state index in [1.807, 2.05) is 24.3 Å². The van der Waals surface area contributed by atoms with Gasteiger partial charge in [-0.15, -0.1) is 0 Å². The molecule has 0 aliphatic carbocycles. The van der Waals surface area contributed by atoms with Crippen molar-refractivity contribution in [1.82, 2.24) is 10.1 Å². The lowest BCUT2D eigenvalue weighted by molar-refractivity contribution is 0.420. The van der Waals surface area contributed by atoms with E-state index in [2.05, 4.69) is 17.1 Å². The molecule has 2 rings (SSSR count). The van der Waals surface area contributed by atoms with Crippen molar-refractivity contribution in [1.29, 1.82) is 0 Å². The lowest BCUT2D eigenvalue weighted by Gasteiger charge is -2.01. The van der Waals surface area contributed by atoms with E-state index in [0.717, 1.165) is 12.0 Å². The Balaban J connectivity index is 2.50. The summed E-state index contributed by atoms with van der Waals surface area (Å²) in [7, 11) is 0. The molecule has 0 aliphatic rings. The Bertz CT molecular complexity index is 439. The van der Waals surface area contributed by atoms with E-state index in [-0.39, 0.29) is 5.35 Å². The Morgan fingerprint density at radius 3 is 2.79 bits per heavy atom. The summed E-state index contributed by atoms with van der Waals surface area (Å²) in [4.78, 5) is 3.98. The first-order valence-corrected chi connectivity index (χ1v) is 4.76. The number of rotatable bonds is 2. The highest BCUT2D eigenvalue weighted by atomic mass is 35.5. The Hall–Kier alpha value is -1.35. The van der Waals surface area contributed by atoms with Crippen molar-refractivity contribution < 1.29 is 4.52 Å². The van der Waals surface area contributed by atoms with Crippen LogP contribution in [0.25, 0.3) is 11.4 Å². The van der Waals surface area contributed by atoms with Crippen molar-refractivity contribution in [2.75, 3.05) is 0 Å². The lowest BCUT2D eigenvalue weighted by atomic mass is 10.1. The van der Waals surface area contributed by atoms with Crippen LogP contribution in [0.3, 0.4) is 0 Å². The van der Waals surface area contributed by atoms with Gasteiger partial charge in [0, 0.05) is 5.56 Å². The number of aryl methyl sites for hydroxylation is 1. The Labute approximate surface area is 86.7 Å². The fourth-order valence-corrected chi connectivity index (χ4v) is 1.48. The molecule has 0 saturated heterocycles. The molecule has 1 heterocycles. The van der Waals surface area contributed by atoms with Crippen molar-refractivity contribution in [3.05, 3.63) is 35.2 Å². The van der Waals surface area contributed by atoms with Crippen molar-refractivity contribution >= 4 is 11.6 Å². The van der Waals surface area contributed by atoms with Crippen LogP contribution in [0.1, 0.15) is 12.5 Å². The molecule has 72 valence electrons. The molecule has 0 unspecified atom stereocenters. The maximum Gasteiger partial charge on any atom is 0.320 e. The van der Waals surface area contributed by atoms with Gasteiger partial charge < -0.3 is 4.52 Å². The van der Waals surface area contributed by atoms with Crippen LogP contribution in [-0.2, 0) is 6.42 Å². The van der Waals surface area contributed by atoms with Crippen LogP contribution < -0.4 is 0 Å². The van der Waals surface area contributed by atoms with Gasteiger partial charge in [0.25, 0.3) is 0 Å². The van der Waals surface area contributed by atoms with Crippen LogP contribution >= 0.6 is 11.6 Å². The minimum Gasteiger partial charge on any atom is -0.321 e. The van der Waals surface area contributed by atoms with Crippen LogP contribution in [0.15, 0.2) is 28.8 Å². The molecule has 0 atom stereocenters. The summed E-state index contributed by atoms with van der Waals surface area (Å²) in [5.41, 5.74) is 2.16. The fourth-order valence-electron chi connectivity index (χ4n) is 1.36. The quantitative estimate of drug-likeness (QED) is 0.762. The van der Waals surface area contributed by atoms with Gasteiger partial charge >= 0.3 is 5.35 Å². The molecule has 0 bridgehead atoms. The van der Waals surface area contributed by atoms with Gasteiger partial charge in [0.2, 0.25) is 5.82 Å². The molecule has 1 aromatic carbocycles. The van der Waals surface area contributed by atoms with E-state index in [4.69, 9.17) is 16.1 Å². The molecule has 0 aliphatic heterocycles. The second kappa shape index (κ2) is 3.80. The molecule has 0 spiro atoms. The first-order chi connectivity index (χ1) is 6.81. The fraction of sp³-hybridized carbons (Fsp3) is 0.200. The smallest absolute Gasteiger partial charge is 0.320 e. The maximum absolute atomic E-state index is 5.57. The van der Waals surface area contributed by atoms with E-state index in [1.165, 1.54) is 5.56 Å². The highest BCUT2D eigenvalue weighted by Crippen LogP contribution is 2.22. The van der Waals surface area contributed by atoms with Gasteiger partial charge in [0.05, 0.1) is 0 Å². The predicted molar refractivity (Wildman–Crippen MR) is 54.1 cm³/mol. The van der Waals surface area contributed by atoms with Crippen LogP contribution in [0.5, 0.6) is 0 Å². The van der Waals surface area contributed by atoms with Gasteiger partial charge in [-0.05, 0) is 23.6 Å². The maximum atomic E-state index is 5.57. The molecule has 2 aromatic rings. The molecular formula is C10H9ClN2O. The molecule has 0 amide bonds. The average molecular weight is 209 g/mol. The van der Waals surface area contributed by atoms with E-state index >= 15 is 0 Å². The second-order valence-electron chi connectivity index (χ2n) is 2.88. The highest BCUT2D eigenvalue weighted by molar-refractivity contribution is 6.27. The summed E-state index contributed by atoms with van der Waals surface area (Å²) in [6.07, 6.45) is 0.933. The normalized spacial score (nSPS) is 10.4. The van der Waals surface area contributed by atoms with Gasteiger partial charge in [-0.25, -0.2) is 0 Å². The highest BCUT2D eigenvalue weighted by Gasteiger charge is 2.09. The van der Waals surface area contributed by atoms with E-state index in [1.54, 1.807) is 0 Å². The topological polar surface area (TPSA) is 38.9 Å². The monoisotopic (exact) mass is 208 g/mol. The summed E-state index contributed by atoms with van der Waals surface area (Å²) >= 11 is 5.57. The lowest BCUT2D eigenvalue weighted by Crippen LogP contribution is -1.88. The van der Waals surface area contributed by atoms with Crippen molar-refractivity contribution in [2.24, 2.45) is 0 Å². The first kappa shape index (κ1) is 9.21. The Morgan fingerprint density at radius 2 is 2.14 bits per heavy atom. The van der Waals surface area contributed by atoms with Crippen molar-refractivity contribution in [2.45, 2.75) is 13.3 Å². The summed E-state index contributed by atoms with van der Waals surface area (Å²) in [5, 5.41) is 3.85. The molecule has 4 heteroatoms. The second-order valence-corrected chi connectivity index (χ2v) is 3.20. The molecule has 0 radical (unpaired) electrons. The third-order valence-electron chi connectivity index (χ3n) is 2.04. The zero-order chi connectivity index (χ0) is 9.97. The van der Waals surface area contributed by atoms with Gasteiger partial charge in [-0.2, -0.15) is 4.98 Å². The zero-order valence-corrected chi connectivity index (χ0v) is 8.45. The number of hydrogen-bond donors (Lipinski definition) is 0. The van der Waals surface area contributed by atoms with Gasteiger partial charge in [-0.1, -0.05) is 36.3 Å². The van der Waals surface area contributed by atoms with Crippen molar-refractivity contribution in [3.63, 3.8) is 0 Å². The predicted octanol–water partition coefficient (Wildman–Crippen LogP) is 2.95. The number of halogens is 1. The molecule has 1 aromatic heterocycles. The minimum absolute atomic E-state index is 0.0749. The molecule has 14 heavy (non-hydrogen) atoms. The van der Waals surface area contributed by atoms with Gasteiger partial charge in [-0.3, -0.25) is 0 Å². The van der Waals surface area contributed by atoms with Crippen LogP contribution in [-0.4, -0.2) is 10.1 Å². The molecular weight excluding hydrogens is 200 g/mol. The number of benzene rings is 1. The molecule has 0 fully saturated rings. The summed E-state index contributed by atoms with van der Waals surface area (Å²) in [5.74, 6) is 0.549. The van der Waals surface area contributed by atoms with Crippen LogP contribution in [0, 0.1) is 0 Å². The summed E-state index contributed by atoms with van der Waals surface area (Å²) in [6.45, 7) is 2.08. The summed E-state index contributed by atoms with van der Waals surface area (Å²) in [6, 6.07) is 7.93. The average Bonchev–Trinajstić information content (AvgIpc) is 2.65. The van der Waals surface area contributed by atoms with Crippen molar-refractivity contribution in [3.8, 4) is 11.4 Å². The molecule has 3 nitrogen and oxygen atoms in total. The number of hydrogen-bond acceptors (Lipinski definition) is 3. The molecule has 0 saturated carbocycles. The summed E-state index contributed by atoms with van der Waals surface area (Å²) < 4.78 is 4.72. The third kappa shape index (κ3) is 1.63. The zero-order valence-electron chi connectivity index (χ0n) is 7.70. The van der Waals surface area contributed by atoms with E-state index < -0.39 is 0 Å². The van der Waals surface area contributed by atoms with Gasteiger partial charge in [0.15, 0.2) is 0 Å².